The van der Waals surface area contributed by atoms with E-state index in [-0.39, 0.29) is 24.6 Å². The maximum atomic E-state index is 12.2. The number of benzene rings is 2. The first-order valence-corrected chi connectivity index (χ1v) is 12.7. The van der Waals surface area contributed by atoms with Gasteiger partial charge in [-0.2, -0.15) is 0 Å². The van der Waals surface area contributed by atoms with Gasteiger partial charge in [-0.1, -0.05) is 12.1 Å². The van der Waals surface area contributed by atoms with Gasteiger partial charge in [0.15, 0.2) is 5.11 Å². The van der Waals surface area contributed by atoms with Crippen molar-refractivity contribution in [1.29, 1.82) is 0 Å². The summed E-state index contributed by atoms with van der Waals surface area (Å²) in [5.74, 6) is -0.636. The molecule has 0 unspecified atom stereocenters. The van der Waals surface area contributed by atoms with E-state index in [1.165, 1.54) is 14.2 Å². The number of pyridine rings is 1. The number of anilines is 2. The molecule has 1 fully saturated rings. The van der Waals surface area contributed by atoms with Gasteiger partial charge in [-0.3, -0.25) is 9.78 Å². The lowest BCUT2D eigenvalue weighted by atomic mass is 10.0. The molecule has 0 spiro atoms. The number of nitrogens with one attached hydrogen (secondary N) is 2. The van der Waals surface area contributed by atoms with Crippen LogP contribution in [-0.2, 0) is 14.3 Å². The molecule has 0 bridgehead atoms. The smallest absolute Gasteiger partial charge is 0.337 e. The number of carbonyl (C=O) groups is 2. The van der Waals surface area contributed by atoms with Crippen molar-refractivity contribution in [3.8, 4) is 5.69 Å². The summed E-state index contributed by atoms with van der Waals surface area (Å²) < 4.78 is 11.9. The van der Waals surface area contributed by atoms with Gasteiger partial charge in [0.2, 0.25) is 5.91 Å². The SMILES string of the molecule is COCC(=O)Nc1ccc(N2C(=S)N[C@@H](c3ccccn3)[C@@H]2c2cccn2-c2cccc(C(=O)OC)c2)cc1. The summed E-state index contributed by atoms with van der Waals surface area (Å²) in [6.07, 6.45) is 3.71. The summed E-state index contributed by atoms with van der Waals surface area (Å²) in [6.45, 7) is -0.0239. The highest BCUT2D eigenvalue weighted by Gasteiger charge is 2.42. The van der Waals surface area contributed by atoms with Gasteiger partial charge in [-0.25, -0.2) is 4.79 Å². The monoisotopic (exact) mass is 541 g/mol. The predicted octanol–water partition coefficient (Wildman–Crippen LogP) is 4.42. The number of amides is 1. The van der Waals surface area contributed by atoms with Crippen molar-refractivity contribution in [2.45, 2.75) is 12.1 Å². The number of esters is 1. The Hall–Kier alpha value is -4.54. The molecule has 1 saturated heterocycles. The Morgan fingerprint density at radius 2 is 1.82 bits per heavy atom. The van der Waals surface area contributed by atoms with Crippen molar-refractivity contribution in [1.82, 2.24) is 14.9 Å². The average molecular weight is 542 g/mol. The Bertz CT molecular complexity index is 1490. The molecule has 2 aromatic heterocycles. The van der Waals surface area contributed by atoms with Gasteiger partial charge in [0.05, 0.1) is 24.4 Å². The van der Waals surface area contributed by atoms with Crippen LogP contribution in [0.1, 0.15) is 33.8 Å². The summed E-state index contributed by atoms with van der Waals surface area (Å²) in [6, 6.07) is 24.0. The third-order valence-corrected chi connectivity index (χ3v) is 6.75. The summed E-state index contributed by atoms with van der Waals surface area (Å²) in [5, 5.41) is 6.82. The molecule has 0 saturated carbocycles. The fraction of sp³-hybridized carbons (Fsp3) is 0.172. The molecule has 1 aliphatic rings. The molecule has 0 aliphatic carbocycles. The van der Waals surface area contributed by atoms with Crippen LogP contribution in [0.3, 0.4) is 0 Å². The second kappa shape index (κ2) is 11.5. The molecule has 1 amide bonds. The van der Waals surface area contributed by atoms with Gasteiger partial charge in [0.25, 0.3) is 0 Å². The lowest BCUT2D eigenvalue weighted by Gasteiger charge is -2.29. The fourth-order valence-corrected chi connectivity index (χ4v) is 5.08. The van der Waals surface area contributed by atoms with Gasteiger partial charge < -0.3 is 29.6 Å². The quantitative estimate of drug-likeness (QED) is 0.250. The van der Waals surface area contributed by atoms with E-state index in [1.54, 1.807) is 18.3 Å². The Morgan fingerprint density at radius 1 is 1.00 bits per heavy atom. The number of nitrogens with zero attached hydrogens (tertiary/aromatic N) is 3. The number of aromatic nitrogens is 2. The maximum absolute atomic E-state index is 12.2. The molecule has 9 nitrogen and oxygen atoms in total. The summed E-state index contributed by atoms with van der Waals surface area (Å²) in [5.41, 5.74) is 4.55. The van der Waals surface area contributed by atoms with Crippen molar-refractivity contribution in [2.75, 3.05) is 31.0 Å². The molecule has 39 heavy (non-hydrogen) atoms. The summed E-state index contributed by atoms with van der Waals surface area (Å²) in [7, 11) is 2.84. The molecule has 198 valence electrons. The summed E-state index contributed by atoms with van der Waals surface area (Å²) in [4.78, 5) is 30.8. The first-order valence-electron chi connectivity index (χ1n) is 12.3. The molecule has 3 heterocycles. The predicted molar refractivity (Wildman–Crippen MR) is 152 cm³/mol. The van der Waals surface area contributed by atoms with E-state index in [0.717, 1.165) is 22.8 Å². The zero-order valence-corrected chi connectivity index (χ0v) is 22.2. The standard InChI is InChI=1S/C29H27N5O4S/c1-37-18-25(35)31-20-11-13-21(14-12-20)34-27(26(32-29(34)39)23-9-3-4-15-30-23)24-10-6-16-33(24)22-8-5-7-19(17-22)28(36)38-2/h3-17,26-27H,18H2,1-2H3,(H,31,35)(H,32,39)/t26-,27-/m0/s1. The second-order valence-corrected chi connectivity index (χ2v) is 9.26. The molecule has 10 heteroatoms. The number of methoxy groups -OCH3 is 2. The van der Waals surface area contributed by atoms with Crippen LogP contribution in [0.25, 0.3) is 5.69 Å². The third kappa shape index (κ3) is 5.38. The zero-order valence-electron chi connectivity index (χ0n) is 21.4. The second-order valence-electron chi connectivity index (χ2n) is 8.87. The van der Waals surface area contributed by atoms with Crippen molar-refractivity contribution in [3.05, 3.63) is 108 Å². The van der Waals surface area contributed by atoms with E-state index >= 15 is 0 Å². The first kappa shape index (κ1) is 26.1. The molecular formula is C29H27N5O4S. The lowest BCUT2D eigenvalue weighted by Crippen LogP contribution is -2.30. The highest BCUT2D eigenvalue weighted by Crippen LogP contribution is 2.42. The average Bonchev–Trinajstić information content (AvgIpc) is 3.58. The number of hydrogen-bond donors (Lipinski definition) is 2. The van der Waals surface area contributed by atoms with Crippen LogP contribution in [0.5, 0.6) is 0 Å². The van der Waals surface area contributed by atoms with E-state index in [2.05, 4.69) is 15.6 Å². The highest BCUT2D eigenvalue weighted by atomic mass is 32.1. The van der Waals surface area contributed by atoms with Gasteiger partial charge in [-0.15, -0.1) is 0 Å². The largest absolute Gasteiger partial charge is 0.465 e. The Kier molecular flexibility index (Phi) is 7.67. The molecule has 4 aromatic rings. The molecule has 5 rings (SSSR count). The lowest BCUT2D eigenvalue weighted by molar-refractivity contribution is -0.119. The van der Waals surface area contributed by atoms with Gasteiger partial charge in [-0.05, 0) is 78.9 Å². The van der Waals surface area contributed by atoms with Gasteiger partial charge >= 0.3 is 5.97 Å². The van der Waals surface area contributed by atoms with Crippen LogP contribution in [-0.4, -0.2) is 47.4 Å². The number of thiocarbonyl (C=S) groups is 1. The Labute approximate surface area is 231 Å². The number of carbonyl (C=O) groups excluding carboxylic acids is 2. The topological polar surface area (TPSA) is 97.7 Å². The van der Waals surface area contributed by atoms with Crippen molar-refractivity contribution >= 4 is 40.6 Å². The minimum absolute atomic E-state index is 0.0239. The molecule has 2 atom stereocenters. The molecule has 0 radical (unpaired) electrons. The molecule has 2 aromatic carbocycles. The van der Waals surface area contributed by atoms with Crippen molar-refractivity contribution in [3.63, 3.8) is 0 Å². The first-order chi connectivity index (χ1) is 19.0. The van der Waals surface area contributed by atoms with Crippen molar-refractivity contribution in [2.24, 2.45) is 0 Å². The minimum atomic E-state index is -0.403. The van der Waals surface area contributed by atoms with Crippen molar-refractivity contribution < 1.29 is 19.1 Å². The van der Waals surface area contributed by atoms with Crippen LogP contribution >= 0.6 is 12.2 Å². The van der Waals surface area contributed by atoms with E-state index in [9.17, 15) is 9.59 Å². The Balaban J connectivity index is 1.56. The van der Waals surface area contributed by atoms with E-state index in [4.69, 9.17) is 21.7 Å². The van der Waals surface area contributed by atoms with Crippen LogP contribution in [0.15, 0.2) is 91.3 Å². The normalized spacial score (nSPS) is 16.6. The Morgan fingerprint density at radius 3 is 2.54 bits per heavy atom. The molecule has 2 N–H and O–H groups in total. The minimum Gasteiger partial charge on any atom is -0.465 e. The fourth-order valence-electron chi connectivity index (χ4n) is 4.74. The third-order valence-electron chi connectivity index (χ3n) is 6.43. The molecule has 1 aliphatic heterocycles. The van der Waals surface area contributed by atoms with Crippen LogP contribution < -0.4 is 15.5 Å². The van der Waals surface area contributed by atoms with Gasteiger partial charge in [0.1, 0.15) is 12.6 Å². The highest BCUT2D eigenvalue weighted by molar-refractivity contribution is 7.80. The van der Waals surface area contributed by atoms with E-state index in [1.807, 2.05) is 82.4 Å². The van der Waals surface area contributed by atoms with Crippen LogP contribution in [0.4, 0.5) is 11.4 Å². The van der Waals surface area contributed by atoms with Gasteiger partial charge in [0, 0.05) is 42.3 Å². The van der Waals surface area contributed by atoms with E-state index in [0.29, 0.717) is 16.4 Å². The molecular weight excluding hydrogens is 514 g/mol. The van der Waals surface area contributed by atoms with Crippen LogP contribution in [0, 0.1) is 0 Å². The van der Waals surface area contributed by atoms with E-state index < -0.39 is 5.97 Å². The number of ether oxygens (including phenoxy) is 2. The zero-order chi connectivity index (χ0) is 27.4. The number of hydrogen-bond acceptors (Lipinski definition) is 6. The number of rotatable bonds is 8. The van der Waals surface area contributed by atoms with Crippen LogP contribution in [0.2, 0.25) is 0 Å². The summed E-state index contributed by atoms with van der Waals surface area (Å²) >= 11 is 5.85. The maximum Gasteiger partial charge on any atom is 0.337 e.